The van der Waals surface area contributed by atoms with Crippen LogP contribution in [-0.2, 0) is 9.84 Å². The number of carbonyl (C=O) groups excluding carboxylic acids is 1. The predicted octanol–water partition coefficient (Wildman–Crippen LogP) is 2.98. The van der Waals surface area contributed by atoms with Gasteiger partial charge in [-0.2, -0.15) is 0 Å². The minimum atomic E-state index is -3.43. The molecule has 3 rings (SSSR count). The van der Waals surface area contributed by atoms with Gasteiger partial charge < -0.3 is 9.88 Å². The van der Waals surface area contributed by atoms with Crippen LogP contribution in [0.5, 0.6) is 0 Å². The van der Waals surface area contributed by atoms with E-state index < -0.39 is 21.6 Å². The topological polar surface area (TPSA) is 81.1 Å². The van der Waals surface area contributed by atoms with E-state index >= 15 is 0 Å². The highest BCUT2D eigenvalue weighted by Crippen LogP contribution is 2.21. The minimum Gasteiger partial charge on any atom is -0.322 e. The Balaban J connectivity index is 1.88. The lowest BCUT2D eigenvalue weighted by atomic mass is 10.1. The molecule has 1 amide bonds. The maximum atomic E-state index is 14.3. The molecule has 0 aliphatic heterocycles. The van der Waals surface area contributed by atoms with Gasteiger partial charge in [0.05, 0.1) is 16.9 Å². The molecule has 0 aliphatic carbocycles. The predicted molar refractivity (Wildman–Crippen MR) is 95.8 cm³/mol. The molecule has 0 bridgehead atoms. The summed E-state index contributed by atoms with van der Waals surface area (Å²) in [6.45, 7) is 1.70. The van der Waals surface area contributed by atoms with Crippen LogP contribution in [0.3, 0.4) is 0 Å². The molecule has 26 heavy (non-hydrogen) atoms. The third-order valence-corrected chi connectivity index (χ3v) is 4.98. The first kappa shape index (κ1) is 17.8. The molecular formula is C18H16FN3O3S. The van der Waals surface area contributed by atoms with Crippen molar-refractivity contribution in [1.29, 1.82) is 0 Å². The number of sulfone groups is 1. The lowest BCUT2D eigenvalue weighted by molar-refractivity contribution is 0.102. The second kappa shape index (κ2) is 6.72. The number of carbonyl (C=O) groups is 1. The Hall–Kier alpha value is -3.00. The summed E-state index contributed by atoms with van der Waals surface area (Å²) in [4.78, 5) is 16.4. The van der Waals surface area contributed by atoms with Crippen LogP contribution in [0.2, 0.25) is 0 Å². The van der Waals surface area contributed by atoms with Crippen molar-refractivity contribution < 1.29 is 17.6 Å². The first-order valence-corrected chi connectivity index (χ1v) is 9.55. The summed E-state index contributed by atoms with van der Waals surface area (Å²) in [5.41, 5.74) is 1.40. The fraction of sp³-hybridized carbons (Fsp3) is 0.111. The van der Waals surface area contributed by atoms with Crippen molar-refractivity contribution in [2.75, 3.05) is 11.6 Å². The fourth-order valence-electron chi connectivity index (χ4n) is 2.47. The van der Waals surface area contributed by atoms with Gasteiger partial charge in [-0.15, -0.1) is 0 Å². The smallest absolute Gasteiger partial charge is 0.255 e. The molecular weight excluding hydrogens is 357 g/mol. The highest BCUT2D eigenvalue weighted by atomic mass is 32.2. The molecule has 0 atom stereocenters. The van der Waals surface area contributed by atoms with Crippen LogP contribution in [0.1, 0.15) is 15.9 Å². The summed E-state index contributed by atoms with van der Waals surface area (Å²) in [6, 6.07) is 8.60. The number of hydrogen-bond acceptors (Lipinski definition) is 4. The van der Waals surface area contributed by atoms with E-state index in [9.17, 15) is 17.6 Å². The number of rotatable bonds is 4. The maximum absolute atomic E-state index is 14.3. The van der Waals surface area contributed by atoms with E-state index in [1.807, 2.05) is 0 Å². The van der Waals surface area contributed by atoms with Crippen LogP contribution in [0.25, 0.3) is 5.69 Å². The van der Waals surface area contributed by atoms with Crippen LogP contribution >= 0.6 is 0 Å². The largest absolute Gasteiger partial charge is 0.322 e. The van der Waals surface area contributed by atoms with Crippen molar-refractivity contribution in [3.8, 4) is 5.69 Å². The number of nitrogens with one attached hydrogen (secondary N) is 1. The van der Waals surface area contributed by atoms with Gasteiger partial charge in [0.25, 0.3) is 5.91 Å². The number of benzene rings is 2. The van der Waals surface area contributed by atoms with Gasteiger partial charge in [-0.3, -0.25) is 4.79 Å². The average molecular weight is 373 g/mol. The summed E-state index contributed by atoms with van der Waals surface area (Å²) < 4.78 is 39.2. The van der Waals surface area contributed by atoms with Gasteiger partial charge in [0.2, 0.25) is 0 Å². The van der Waals surface area contributed by atoms with Crippen molar-refractivity contribution in [2.24, 2.45) is 0 Å². The highest BCUT2D eigenvalue weighted by Gasteiger charge is 2.15. The maximum Gasteiger partial charge on any atom is 0.255 e. The lowest BCUT2D eigenvalue weighted by Gasteiger charge is -2.11. The van der Waals surface area contributed by atoms with Crippen LogP contribution in [0, 0.1) is 12.7 Å². The molecule has 0 fully saturated rings. The Kier molecular flexibility index (Phi) is 4.60. The molecule has 0 unspecified atom stereocenters. The third kappa shape index (κ3) is 3.65. The third-order valence-electron chi connectivity index (χ3n) is 3.87. The molecule has 8 heteroatoms. The summed E-state index contributed by atoms with van der Waals surface area (Å²) in [6.07, 6.45) is 5.68. The number of amides is 1. The molecule has 1 heterocycles. The molecule has 0 aliphatic rings. The van der Waals surface area contributed by atoms with Crippen molar-refractivity contribution in [3.05, 3.63) is 72.1 Å². The second-order valence-corrected chi connectivity index (χ2v) is 7.85. The zero-order valence-corrected chi connectivity index (χ0v) is 14.9. The summed E-state index contributed by atoms with van der Waals surface area (Å²) in [7, 11) is -3.43. The Morgan fingerprint density at radius 3 is 2.58 bits per heavy atom. The lowest BCUT2D eigenvalue weighted by Crippen LogP contribution is -2.14. The standard InChI is InChI=1S/C18H16FN3O3S/c1-12-3-5-14(26(2,24)25)10-15(12)18(23)21-13-4-6-17(16(19)9-13)22-8-7-20-11-22/h3-11H,1-2H3,(H,21,23). The Morgan fingerprint density at radius 1 is 1.19 bits per heavy atom. The van der Waals surface area contributed by atoms with E-state index in [0.717, 1.165) is 6.26 Å². The van der Waals surface area contributed by atoms with Gasteiger partial charge in [-0.05, 0) is 42.8 Å². The van der Waals surface area contributed by atoms with Crippen molar-refractivity contribution in [1.82, 2.24) is 9.55 Å². The monoisotopic (exact) mass is 373 g/mol. The highest BCUT2D eigenvalue weighted by molar-refractivity contribution is 7.90. The molecule has 134 valence electrons. The molecule has 3 aromatic rings. The molecule has 0 spiro atoms. The van der Waals surface area contributed by atoms with Gasteiger partial charge >= 0.3 is 0 Å². The number of nitrogens with zero attached hydrogens (tertiary/aromatic N) is 2. The quantitative estimate of drug-likeness (QED) is 0.762. The first-order chi connectivity index (χ1) is 12.3. The van der Waals surface area contributed by atoms with E-state index in [-0.39, 0.29) is 16.1 Å². The summed E-state index contributed by atoms with van der Waals surface area (Å²) in [5.74, 6) is -1.04. The molecule has 2 aromatic carbocycles. The molecule has 0 radical (unpaired) electrons. The van der Waals surface area contributed by atoms with Crippen molar-refractivity contribution in [2.45, 2.75) is 11.8 Å². The van der Waals surface area contributed by atoms with Crippen LogP contribution in [0.4, 0.5) is 10.1 Å². The number of aryl methyl sites for hydroxylation is 1. The Bertz CT molecular complexity index is 1080. The van der Waals surface area contributed by atoms with E-state index in [0.29, 0.717) is 11.3 Å². The molecule has 1 aromatic heterocycles. The fourth-order valence-corrected chi connectivity index (χ4v) is 3.12. The van der Waals surface area contributed by atoms with Gasteiger partial charge in [0, 0.05) is 29.9 Å². The van der Waals surface area contributed by atoms with Crippen molar-refractivity contribution in [3.63, 3.8) is 0 Å². The van der Waals surface area contributed by atoms with Crippen LogP contribution in [0.15, 0.2) is 60.0 Å². The molecule has 6 nitrogen and oxygen atoms in total. The zero-order valence-electron chi connectivity index (χ0n) is 14.1. The van der Waals surface area contributed by atoms with Gasteiger partial charge in [0.15, 0.2) is 9.84 Å². The molecule has 0 saturated carbocycles. The Morgan fingerprint density at radius 2 is 1.96 bits per heavy atom. The van der Waals surface area contributed by atoms with Crippen LogP contribution in [-0.4, -0.2) is 30.1 Å². The number of hydrogen-bond donors (Lipinski definition) is 1. The van der Waals surface area contributed by atoms with Crippen molar-refractivity contribution >= 4 is 21.4 Å². The van der Waals surface area contributed by atoms with Gasteiger partial charge in [-0.1, -0.05) is 6.07 Å². The zero-order chi connectivity index (χ0) is 18.9. The minimum absolute atomic E-state index is 0.0508. The first-order valence-electron chi connectivity index (χ1n) is 7.65. The van der Waals surface area contributed by atoms with E-state index in [1.165, 1.54) is 41.4 Å². The number of anilines is 1. The van der Waals surface area contributed by atoms with Gasteiger partial charge in [0.1, 0.15) is 5.82 Å². The van der Waals surface area contributed by atoms with E-state index in [4.69, 9.17) is 0 Å². The number of halogens is 1. The van der Waals surface area contributed by atoms with Gasteiger partial charge in [-0.25, -0.2) is 17.8 Å². The normalized spacial score (nSPS) is 11.3. The summed E-state index contributed by atoms with van der Waals surface area (Å²) in [5, 5.41) is 2.59. The second-order valence-electron chi connectivity index (χ2n) is 5.84. The van der Waals surface area contributed by atoms with Crippen LogP contribution < -0.4 is 5.32 Å². The van der Waals surface area contributed by atoms with E-state index in [1.54, 1.807) is 25.3 Å². The molecule has 1 N–H and O–H groups in total. The van der Waals surface area contributed by atoms with E-state index in [2.05, 4.69) is 10.3 Å². The molecule has 0 saturated heterocycles. The SMILES string of the molecule is Cc1ccc(S(C)(=O)=O)cc1C(=O)Nc1ccc(-n2ccnc2)c(F)c1. The average Bonchev–Trinajstić information content (AvgIpc) is 3.08. The summed E-state index contributed by atoms with van der Waals surface area (Å²) >= 11 is 0. The number of aromatic nitrogens is 2. The number of imidazole rings is 1. The Labute approximate surface area is 150 Å².